The second kappa shape index (κ2) is 16.1. The normalized spacial score (nSPS) is 18.5. The van der Waals surface area contributed by atoms with Gasteiger partial charge in [0.1, 0.15) is 11.4 Å². The van der Waals surface area contributed by atoms with Gasteiger partial charge in [0.2, 0.25) is 23.6 Å². The minimum absolute atomic E-state index is 0.0823. The van der Waals surface area contributed by atoms with Gasteiger partial charge < -0.3 is 25.4 Å². The first-order chi connectivity index (χ1) is 25.3. The number of halogens is 2. The molecule has 4 heterocycles. The molecule has 0 radical (unpaired) electrons. The lowest BCUT2D eigenvalue weighted by Gasteiger charge is -2.25. The smallest absolute Gasteiger partial charge is 0.237 e. The van der Waals surface area contributed by atoms with Crippen molar-refractivity contribution in [2.45, 2.75) is 63.7 Å². The van der Waals surface area contributed by atoms with E-state index in [0.29, 0.717) is 88.4 Å². The van der Waals surface area contributed by atoms with Crippen LogP contribution < -0.4 is 25.4 Å². The summed E-state index contributed by atoms with van der Waals surface area (Å²) in [6, 6.07) is 11.7. The van der Waals surface area contributed by atoms with E-state index in [2.05, 4.69) is 25.8 Å². The SMILES string of the molecule is COc1nc(-c2cccc(-c3cccc(-c4cnc(CN(CC5CC5)C[C@@H]5CCC(=O)N5)c(OC)n4)c3Cl)c2Cl)cnc1CNC[C@@H]1CCC(=O)N1. The number of hydrogen-bond acceptors (Lipinski definition) is 10. The molecule has 3 fully saturated rings. The van der Waals surface area contributed by atoms with Gasteiger partial charge in [-0.2, -0.15) is 0 Å². The van der Waals surface area contributed by atoms with Gasteiger partial charge in [-0.25, -0.2) is 9.97 Å². The highest BCUT2D eigenvalue weighted by molar-refractivity contribution is 6.39. The molecule has 3 aliphatic rings. The average molecular weight is 746 g/mol. The number of carbonyl (C=O) groups excluding carboxylic acids is 2. The van der Waals surface area contributed by atoms with Gasteiger partial charge in [0.25, 0.3) is 0 Å². The third-order valence-corrected chi connectivity index (χ3v) is 10.6. The largest absolute Gasteiger partial charge is 0.480 e. The summed E-state index contributed by atoms with van der Waals surface area (Å²) >= 11 is 14.2. The zero-order valence-corrected chi connectivity index (χ0v) is 30.8. The zero-order chi connectivity index (χ0) is 36.2. The molecule has 0 spiro atoms. The number of nitrogens with one attached hydrogen (secondary N) is 3. The molecule has 1 aliphatic carbocycles. The van der Waals surface area contributed by atoms with Gasteiger partial charge in [-0.05, 0) is 31.6 Å². The Balaban J connectivity index is 1.10. The van der Waals surface area contributed by atoms with E-state index in [1.807, 2.05) is 36.4 Å². The number of rotatable bonds is 15. The fourth-order valence-corrected chi connectivity index (χ4v) is 7.54. The Kier molecular flexibility index (Phi) is 11.2. The molecule has 3 N–H and O–H groups in total. The van der Waals surface area contributed by atoms with Crippen LogP contribution in [0.25, 0.3) is 33.6 Å². The Morgan fingerprint density at radius 2 is 1.29 bits per heavy atom. The quantitative estimate of drug-likeness (QED) is 0.144. The molecule has 4 aromatic rings. The molecule has 2 aromatic heterocycles. The lowest BCUT2D eigenvalue weighted by molar-refractivity contribution is -0.120. The van der Waals surface area contributed by atoms with Crippen molar-refractivity contribution in [2.24, 2.45) is 5.92 Å². The summed E-state index contributed by atoms with van der Waals surface area (Å²) in [5.41, 5.74) is 5.34. The molecule has 2 aromatic carbocycles. The minimum Gasteiger partial charge on any atom is -0.480 e. The molecule has 2 atom stereocenters. The number of aromatic nitrogens is 4. The Labute approximate surface area is 313 Å². The van der Waals surface area contributed by atoms with Gasteiger partial charge >= 0.3 is 0 Å². The van der Waals surface area contributed by atoms with Crippen molar-refractivity contribution in [2.75, 3.05) is 33.9 Å². The fraction of sp³-hybridized carbons (Fsp3) is 0.421. The van der Waals surface area contributed by atoms with Gasteiger partial charge in [0.05, 0.1) is 48.0 Å². The van der Waals surface area contributed by atoms with Gasteiger partial charge in [-0.3, -0.25) is 24.5 Å². The predicted molar refractivity (Wildman–Crippen MR) is 199 cm³/mol. The first-order valence-corrected chi connectivity index (χ1v) is 18.4. The van der Waals surface area contributed by atoms with Crippen LogP contribution in [0.2, 0.25) is 10.0 Å². The maximum Gasteiger partial charge on any atom is 0.237 e. The van der Waals surface area contributed by atoms with E-state index in [1.165, 1.54) is 12.8 Å². The van der Waals surface area contributed by atoms with E-state index >= 15 is 0 Å². The summed E-state index contributed by atoms with van der Waals surface area (Å²) in [6.45, 7) is 3.36. The predicted octanol–water partition coefficient (Wildman–Crippen LogP) is 5.45. The average Bonchev–Trinajstić information content (AvgIpc) is 3.72. The van der Waals surface area contributed by atoms with Crippen LogP contribution in [0.4, 0.5) is 0 Å². The van der Waals surface area contributed by atoms with E-state index in [0.717, 1.165) is 42.8 Å². The fourth-order valence-electron chi connectivity index (χ4n) is 6.89. The van der Waals surface area contributed by atoms with Crippen molar-refractivity contribution in [3.05, 3.63) is 70.2 Å². The van der Waals surface area contributed by atoms with Gasteiger partial charge in [-0.1, -0.05) is 59.6 Å². The number of ether oxygens (including phenoxy) is 2. The molecule has 7 rings (SSSR count). The lowest BCUT2D eigenvalue weighted by atomic mass is 9.98. The van der Waals surface area contributed by atoms with Crippen LogP contribution >= 0.6 is 23.2 Å². The zero-order valence-electron chi connectivity index (χ0n) is 29.3. The second-order valence-corrected chi connectivity index (χ2v) is 14.4. The molecule has 2 aliphatic heterocycles. The van der Waals surface area contributed by atoms with E-state index in [4.69, 9.17) is 47.6 Å². The molecule has 0 bridgehead atoms. The minimum atomic E-state index is 0.0823. The number of benzene rings is 2. The van der Waals surface area contributed by atoms with Crippen LogP contribution in [0.1, 0.15) is 49.9 Å². The van der Waals surface area contributed by atoms with Crippen molar-refractivity contribution in [1.29, 1.82) is 0 Å². The van der Waals surface area contributed by atoms with Crippen molar-refractivity contribution in [3.8, 4) is 45.4 Å². The Morgan fingerprint density at radius 3 is 1.83 bits per heavy atom. The molecule has 1 saturated carbocycles. The molecule has 272 valence electrons. The van der Waals surface area contributed by atoms with Gasteiger partial charge in [0, 0.05) is 79.9 Å². The Morgan fingerprint density at radius 1 is 0.750 bits per heavy atom. The summed E-state index contributed by atoms with van der Waals surface area (Å²) in [5.74, 6) is 1.70. The summed E-state index contributed by atoms with van der Waals surface area (Å²) < 4.78 is 11.4. The lowest BCUT2D eigenvalue weighted by Crippen LogP contribution is -2.39. The Hall–Kier alpha value is -4.36. The summed E-state index contributed by atoms with van der Waals surface area (Å²) in [6.07, 6.45) is 8.66. The number of methoxy groups -OCH3 is 2. The molecule has 52 heavy (non-hydrogen) atoms. The van der Waals surface area contributed by atoms with Crippen molar-refractivity contribution < 1.29 is 19.1 Å². The molecular weight excluding hydrogens is 703 g/mol. The third-order valence-electron chi connectivity index (χ3n) is 9.77. The maximum absolute atomic E-state index is 11.8. The highest BCUT2D eigenvalue weighted by Gasteiger charge is 2.29. The van der Waals surface area contributed by atoms with Crippen LogP contribution in [0, 0.1) is 5.92 Å². The van der Waals surface area contributed by atoms with Crippen molar-refractivity contribution >= 4 is 35.0 Å². The Bertz CT molecular complexity index is 1960. The molecular formula is C38H42Cl2N8O4. The van der Waals surface area contributed by atoms with Crippen LogP contribution in [-0.2, 0) is 22.7 Å². The number of nitrogens with zero attached hydrogens (tertiary/aromatic N) is 5. The van der Waals surface area contributed by atoms with E-state index in [9.17, 15) is 9.59 Å². The van der Waals surface area contributed by atoms with Crippen LogP contribution in [0.3, 0.4) is 0 Å². The number of carbonyl (C=O) groups is 2. The highest BCUT2D eigenvalue weighted by Crippen LogP contribution is 2.42. The van der Waals surface area contributed by atoms with E-state index in [1.54, 1.807) is 26.6 Å². The second-order valence-electron chi connectivity index (χ2n) is 13.6. The third kappa shape index (κ3) is 8.31. The van der Waals surface area contributed by atoms with E-state index in [-0.39, 0.29) is 23.9 Å². The summed E-state index contributed by atoms with van der Waals surface area (Å²) in [5, 5.41) is 10.3. The maximum atomic E-state index is 11.8. The van der Waals surface area contributed by atoms with Crippen LogP contribution in [0.15, 0.2) is 48.8 Å². The standard InChI is InChI=1S/C38H42Cl2N8O4/c1-51-37-31(16-41-15-23-11-13-33(49)44-23)42-17-29(46-37)27-7-3-5-25(35(27)39)26-6-4-8-28(36(26)40)30-18-43-32(38(47-30)52-2)21-48(19-22-9-10-22)20-24-12-14-34(50)45-24/h3-8,17-18,22-24,41H,9-16,19-21H2,1-2H3,(H,44,49)(H,45,50)/t23-,24-/m0/s1. The summed E-state index contributed by atoms with van der Waals surface area (Å²) in [7, 11) is 3.16. The van der Waals surface area contributed by atoms with Gasteiger partial charge in [0.15, 0.2) is 0 Å². The first kappa shape index (κ1) is 36.0. The van der Waals surface area contributed by atoms with Crippen molar-refractivity contribution in [3.63, 3.8) is 0 Å². The molecule has 14 heteroatoms. The van der Waals surface area contributed by atoms with Gasteiger partial charge in [-0.15, -0.1) is 0 Å². The molecule has 0 unspecified atom stereocenters. The number of amides is 2. The van der Waals surface area contributed by atoms with Crippen molar-refractivity contribution in [1.82, 2.24) is 40.8 Å². The molecule has 12 nitrogen and oxygen atoms in total. The topological polar surface area (TPSA) is 143 Å². The van der Waals surface area contributed by atoms with Crippen LogP contribution in [-0.4, -0.2) is 82.6 Å². The van der Waals surface area contributed by atoms with E-state index < -0.39 is 0 Å². The monoisotopic (exact) mass is 744 g/mol. The number of hydrogen-bond donors (Lipinski definition) is 3. The molecule has 2 amide bonds. The molecule has 2 saturated heterocycles. The highest BCUT2D eigenvalue weighted by atomic mass is 35.5. The first-order valence-electron chi connectivity index (χ1n) is 17.7. The van der Waals surface area contributed by atoms with Crippen LogP contribution in [0.5, 0.6) is 11.8 Å². The summed E-state index contributed by atoms with van der Waals surface area (Å²) in [4.78, 5) is 44.8.